The number of urea groups is 1. The van der Waals surface area contributed by atoms with E-state index in [2.05, 4.69) is 52.3 Å². The highest BCUT2D eigenvalue weighted by Gasteiger charge is 2.44. The molecule has 2 unspecified atom stereocenters. The van der Waals surface area contributed by atoms with Crippen LogP contribution in [0.5, 0.6) is 23.5 Å². The molecule has 2 N–H and O–H groups in total. The third-order valence-electron chi connectivity index (χ3n) is 10.2. The summed E-state index contributed by atoms with van der Waals surface area (Å²) in [5, 5.41) is 10.9. The quantitative estimate of drug-likeness (QED) is 0.147. The van der Waals surface area contributed by atoms with Crippen molar-refractivity contribution in [3.05, 3.63) is 107 Å². The monoisotopic (exact) mass is 729 g/mol. The Labute approximate surface area is 315 Å². The lowest BCUT2D eigenvalue weighted by Crippen LogP contribution is -2.47. The highest BCUT2D eigenvalue weighted by molar-refractivity contribution is 5.99. The summed E-state index contributed by atoms with van der Waals surface area (Å²) in [5.41, 5.74) is 5.03. The summed E-state index contributed by atoms with van der Waals surface area (Å²) >= 11 is 0. The van der Waals surface area contributed by atoms with Gasteiger partial charge in [0.2, 0.25) is 11.8 Å². The van der Waals surface area contributed by atoms with Crippen LogP contribution < -0.4 is 24.8 Å². The van der Waals surface area contributed by atoms with Crippen molar-refractivity contribution in [2.75, 3.05) is 24.9 Å². The van der Waals surface area contributed by atoms with E-state index < -0.39 is 0 Å². The van der Waals surface area contributed by atoms with E-state index in [0.29, 0.717) is 40.5 Å². The molecule has 3 amide bonds. The first-order valence-corrected chi connectivity index (χ1v) is 18.4. The van der Waals surface area contributed by atoms with Crippen LogP contribution in [0.4, 0.5) is 16.3 Å². The summed E-state index contributed by atoms with van der Waals surface area (Å²) in [5.74, 6) is 1.91. The van der Waals surface area contributed by atoms with Gasteiger partial charge in [0.05, 0.1) is 37.2 Å². The van der Waals surface area contributed by atoms with Crippen LogP contribution in [0, 0.1) is 12.8 Å². The lowest BCUT2D eigenvalue weighted by atomic mass is 9.85. The molecule has 7 rings (SSSR count). The molecule has 2 fully saturated rings. The summed E-state index contributed by atoms with van der Waals surface area (Å²) in [4.78, 5) is 38.1. The van der Waals surface area contributed by atoms with Crippen molar-refractivity contribution in [1.82, 2.24) is 24.6 Å². The minimum absolute atomic E-state index is 0.0332. The summed E-state index contributed by atoms with van der Waals surface area (Å²) in [6.07, 6.45) is 4.58. The molecule has 280 valence electrons. The van der Waals surface area contributed by atoms with Crippen LogP contribution in [0.2, 0.25) is 0 Å². The molecule has 5 aromatic rings. The number of fused-ring (bicyclic) bond motifs is 2. The second-order valence-corrected chi connectivity index (χ2v) is 15.2. The molecule has 2 aliphatic heterocycles. The average molecular weight is 730 g/mol. The van der Waals surface area contributed by atoms with Crippen LogP contribution in [0.25, 0.3) is 5.69 Å². The first kappa shape index (κ1) is 36.4. The second kappa shape index (κ2) is 15.2. The topological polar surface area (TPSA) is 133 Å². The molecule has 2 saturated heterocycles. The number of ether oxygens (including phenoxy) is 3. The number of amides is 3. The first-order valence-electron chi connectivity index (χ1n) is 18.4. The van der Waals surface area contributed by atoms with E-state index in [4.69, 9.17) is 19.3 Å². The zero-order chi connectivity index (χ0) is 38.0. The smallest absolute Gasteiger partial charge is 0.328 e. The molecule has 4 heterocycles. The van der Waals surface area contributed by atoms with Crippen LogP contribution in [0.15, 0.2) is 84.9 Å². The third-order valence-corrected chi connectivity index (χ3v) is 10.2. The number of carbonyl (C=O) groups excluding carboxylic acids is 2. The van der Waals surface area contributed by atoms with Gasteiger partial charge in [-0.3, -0.25) is 10.1 Å². The van der Waals surface area contributed by atoms with Crippen LogP contribution in [-0.4, -0.2) is 62.9 Å². The van der Waals surface area contributed by atoms with Crippen molar-refractivity contribution < 1.29 is 23.8 Å². The first-order chi connectivity index (χ1) is 26.0. The number of hydrogen-bond donors (Lipinski definition) is 2. The van der Waals surface area contributed by atoms with Gasteiger partial charge in [-0.25, -0.2) is 9.48 Å². The summed E-state index contributed by atoms with van der Waals surface area (Å²) in [6, 6.07) is 26.7. The van der Waals surface area contributed by atoms with E-state index in [0.717, 1.165) is 54.6 Å². The number of para-hydroxylation sites is 1. The van der Waals surface area contributed by atoms with Gasteiger partial charge in [-0.15, -0.1) is 0 Å². The minimum atomic E-state index is -0.341. The van der Waals surface area contributed by atoms with E-state index in [1.165, 1.54) is 14.2 Å². The van der Waals surface area contributed by atoms with E-state index in [1.807, 2.05) is 67.6 Å². The molecule has 0 aliphatic carbocycles. The van der Waals surface area contributed by atoms with Gasteiger partial charge in [0.1, 0.15) is 11.6 Å². The molecule has 0 radical (unpaired) electrons. The number of carbonyl (C=O) groups is 2. The van der Waals surface area contributed by atoms with Gasteiger partial charge in [-0.1, -0.05) is 62.7 Å². The Morgan fingerprint density at radius 3 is 2.19 bits per heavy atom. The number of aryl methyl sites for hydroxylation is 1. The number of methoxy groups -OCH3 is 2. The van der Waals surface area contributed by atoms with E-state index in [-0.39, 0.29) is 35.4 Å². The number of benzene rings is 3. The fraction of sp³-hybridized carbons (Fsp3) is 0.357. The van der Waals surface area contributed by atoms with Gasteiger partial charge in [-0.2, -0.15) is 15.1 Å². The van der Waals surface area contributed by atoms with Gasteiger partial charge in [-0.05, 0) is 86.9 Å². The van der Waals surface area contributed by atoms with Crippen LogP contribution in [-0.2, 0) is 11.8 Å². The lowest BCUT2D eigenvalue weighted by Gasteiger charge is -2.39. The molecule has 12 nitrogen and oxygen atoms in total. The summed E-state index contributed by atoms with van der Waals surface area (Å²) in [6.45, 7) is 8.35. The number of aromatic nitrogens is 4. The van der Waals surface area contributed by atoms with Crippen LogP contribution >= 0.6 is 0 Å². The zero-order valence-electron chi connectivity index (χ0n) is 31.6. The predicted molar refractivity (Wildman–Crippen MR) is 207 cm³/mol. The molecule has 54 heavy (non-hydrogen) atoms. The summed E-state index contributed by atoms with van der Waals surface area (Å²) < 4.78 is 18.3. The molecule has 0 spiro atoms. The molecule has 2 aliphatic rings. The molecule has 3 aromatic carbocycles. The minimum Gasteiger partial charge on any atom is -0.481 e. The zero-order valence-corrected chi connectivity index (χ0v) is 31.6. The van der Waals surface area contributed by atoms with Crippen LogP contribution in [0.3, 0.4) is 0 Å². The maximum Gasteiger partial charge on any atom is 0.328 e. The number of nitrogens with one attached hydrogen (secondary N) is 2. The Morgan fingerprint density at radius 1 is 0.833 bits per heavy atom. The third kappa shape index (κ3) is 8.02. The Hall–Kier alpha value is -5.91. The van der Waals surface area contributed by atoms with Gasteiger partial charge >= 0.3 is 12.0 Å². The van der Waals surface area contributed by atoms with Crippen molar-refractivity contribution in [2.24, 2.45) is 5.92 Å². The highest BCUT2D eigenvalue weighted by atomic mass is 16.5. The van der Waals surface area contributed by atoms with Crippen molar-refractivity contribution in [2.45, 2.75) is 77.3 Å². The molecule has 12 heteroatoms. The van der Waals surface area contributed by atoms with Gasteiger partial charge in [0, 0.05) is 29.3 Å². The molecule has 2 bridgehead atoms. The van der Waals surface area contributed by atoms with E-state index in [1.54, 1.807) is 22.9 Å². The van der Waals surface area contributed by atoms with E-state index in [9.17, 15) is 9.59 Å². The maximum atomic E-state index is 14.1. The van der Waals surface area contributed by atoms with E-state index >= 15 is 0 Å². The SMILES string of the molecule is COc1cc(OC)nc(Oc2ccccc2C(=O)N2C3CCC2CC(Cc2cccc(NC(=O)Nc4cc(C(C)(C)C)nn4-c4ccc(C)cc4)c2)C3)n1. The van der Waals surface area contributed by atoms with Gasteiger partial charge in [0.15, 0.2) is 0 Å². The average Bonchev–Trinajstić information content (AvgIpc) is 3.69. The largest absolute Gasteiger partial charge is 0.481 e. The highest BCUT2D eigenvalue weighted by Crippen LogP contribution is 2.42. The predicted octanol–water partition coefficient (Wildman–Crippen LogP) is 8.35. The van der Waals surface area contributed by atoms with Crippen molar-refractivity contribution in [3.63, 3.8) is 0 Å². The molecule has 2 aromatic heterocycles. The Balaban J connectivity index is 1.00. The number of piperidine rings is 1. The van der Waals surface area contributed by atoms with Crippen LogP contribution in [0.1, 0.15) is 73.6 Å². The molecule has 2 atom stereocenters. The summed E-state index contributed by atoms with van der Waals surface area (Å²) in [7, 11) is 3.01. The lowest BCUT2D eigenvalue weighted by molar-refractivity contribution is 0.0522. The number of anilines is 2. The Bertz CT molecular complexity index is 2110. The number of hydrogen-bond acceptors (Lipinski definition) is 8. The standard InChI is InChI=1S/C42H47N7O5/c1-26-14-16-30(17-15-26)49-36(24-35(47-49)42(2,3)4)44-40(51)43-29-11-9-10-27(21-29)20-28-22-31-18-19-32(23-28)48(31)39(50)33-12-7-8-13-34(33)54-41-45-37(52-5)25-38(46-41)53-6/h7-17,21,24-25,28,31-32H,18-20,22-23H2,1-6H3,(H2,43,44,51). The maximum absolute atomic E-state index is 14.1. The van der Waals surface area contributed by atoms with Crippen molar-refractivity contribution in [3.8, 4) is 29.2 Å². The molecule has 0 saturated carbocycles. The fourth-order valence-electron chi connectivity index (χ4n) is 7.50. The molecular weight excluding hydrogens is 683 g/mol. The molecular formula is C42H47N7O5. The number of nitrogens with zero attached hydrogens (tertiary/aromatic N) is 5. The fourth-order valence-corrected chi connectivity index (χ4v) is 7.50. The Kier molecular flexibility index (Phi) is 10.3. The Morgan fingerprint density at radius 2 is 1.52 bits per heavy atom. The number of rotatable bonds is 10. The second-order valence-electron chi connectivity index (χ2n) is 15.2. The normalized spacial score (nSPS) is 17.9. The van der Waals surface area contributed by atoms with Crippen molar-refractivity contribution in [1.29, 1.82) is 0 Å². The van der Waals surface area contributed by atoms with Crippen molar-refractivity contribution >= 4 is 23.4 Å². The van der Waals surface area contributed by atoms with Gasteiger partial charge < -0.3 is 24.4 Å². The van der Waals surface area contributed by atoms with Gasteiger partial charge in [0.25, 0.3) is 5.91 Å².